The zero-order valence-corrected chi connectivity index (χ0v) is 11.4. The van der Waals surface area contributed by atoms with Crippen LogP contribution < -0.4 is 5.32 Å². The van der Waals surface area contributed by atoms with E-state index in [1.165, 1.54) is 6.07 Å². The van der Waals surface area contributed by atoms with E-state index in [1.54, 1.807) is 12.1 Å². The lowest BCUT2D eigenvalue weighted by atomic mass is 9.82. The second kappa shape index (κ2) is 6.15. The molecule has 2 heteroatoms. The molecule has 0 fully saturated rings. The maximum atomic E-state index is 12.9. The van der Waals surface area contributed by atoms with Gasteiger partial charge in [0.15, 0.2) is 0 Å². The van der Waals surface area contributed by atoms with Crippen molar-refractivity contribution in [1.29, 1.82) is 0 Å². The van der Waals surface area contributed by atoms with Crippen molar-refractivity contribution in [2.75, 3.05) is 13.1 Å². The highest BCUT2D eigenvalue weighted by molar-refractivity contribution is 5.16. The molecule has 1 rings (SSSR count). The van der Waals surface area contributed by atoms with E-state index < -0.39 is 0 Å². The van der Waals surface area contributed by atoms with Gasteiger partial charge in [0.2, 0.25) is 0 Å². The first-order chi connectivity index (χ1) is 7.89. The van der Waals surface area contributed by atoms with Crippen LogP contribution in [0, 0.1) is 17.2 Å². The van der Waals surface area contributed by atoms with E-state index >= 15 is 0 Å². The van der Waals surface area contributed by atoms with Crippen molar-refractivity contribution in [3.63, 3.8) is 0 Å². The largest absolute Gasteiger partial charge is 0.316 e. The summed E-state index contributed by atoms with van der Waals surface area (Å²) in [5, 5.41) is 3.44. The fraction of sp³-hybridized carbons (Fsp3) is 0.600. The third-order valence-electron chi connectivity index (χ3n) is 3.41. The maximum Gasteiger partial charge on any atom is 0.123 e. The Kier molecular flexibility index (Phi) is 5.13. The van der Waals surface area contributed by atoms with Gasteiger partial charge in [-0.1, -0.05) is 39.8 Å². The van der Waals surface area contributed by atoms with Crippen LogP contribution in [0.2, 0.25) is 0 Å². The highest BCUT2D eigenvalue weighted by Gasteiger charge is 2.18. The lowest BCUT2D eigenvalue weighted by Crippen LogP contribution is -2.30. The van der Waals surface area contributed by atoms with Gasteiger partial charge in [0, 0.05) is 0 Å². The minimum Gasteiger partial charge on any atom is -0.316 e. The molecular weight excluding hydrogens is 213 g/mol. The molecule has 0 radical (unpaired) electrons. The molecule has 1 aromatic carbocycles. The zero-order chi connectivity index (χ0) is 12.9. The molecule has 0 aliphatic carbocycles. The molecule has 1 nitrogen and oxygen atoms in total. The summed E-state index contributed by atoms with van der Waals surface area (Å²) in [6.07, 6.45) is 0.884. The Morgan fingerprint density at radius 2 is 2.00 bits per heavy atom. The average molecular weight is 237 g/mol. The molecule has 1 atom stereocenters. The number of benzene rings is 1. The Morgan fingerprint density at radius 3 is 2.59 bits per heavy atom. The molecule has 0 aromatic heterocycles. The van der Waals surface area contributed by atoms with E-state index in [4.69, 9.17) is 0 Å². The van der Waals surface area contributed by atoms with E-state index in [9.17, 15) is 4.39 Å². The van der Waals surface area contributed by atoms with Crippen LogP contribution in [0.3, 0.4) is 0 Å². The number of hydrogen-bond donors (Lipinski definition) is 1. The number of hydrogen-bond acceptors (Lipinski definition) is 1. The minimum absolute atomic E-state index is 0.148. The van der Waals surface area contributed by atoms with Crippen molar-refractivity contribution in [1.82, 2.24) is 5.32 Å². The summed E-state index contributed by atoms with van der Waals surface area (Å²) in [5.74, 6) is 0.487. The Bertz CT molecular complexity index is 341. The predicted molar refractivity (Wildman–Crippen MR) is 71.6 cm³/mol. The second-order valence-corrected chi connectivity index (χ2v) is 5.85. The standard InChI is InChI=1S/C15H24FN/c1-12(15(2,3)4)11-17-9-8-13-6-5-7-14(16)10-13/h5-7,10,12,17H,8-9,11H2,1-4H3. The third-order valence-corrected chi connectivity index (χ3v) is 3.41. The van der Waals surface area contributed by atoms with Crippen molar-refractivity contribution in [3.8, 4) is 0 Å². The van der Waals surface area contributed by atoms with Crippen molar-refractivity contribution in [2.24, 2.45) is 11.3 Å². The van der Waals surface area contributed by atoms with Crippen molar-refractivity contribution < 1.29 is 4.39 Å². The monoisotopic (exact) mass is 237 g/mol. The van der Waals surface area contributed by atoms with Gasteiger partial charge in [0.1, 0.15) is 5.82 Å². The molecule has 1 N–H and O–H groups in total. The van der Waals surface area contributed by atoms with Gasteiger partial charge in [-0.15, -0.1) is 0 Å². The molecule has 0 spiro atoms. The van der Waals surface area contributed by atoms with Gasteiger partial charge in [-0.05, 0) is 48.5 Å². The fourth-order valence-electron chi connectivity index (χ4n) is 1.55. The van der Waals surface area contributed by atoms with E-state index in [-0.39, 0.29) is 5.82 Å². The first-order valence-electron chi connectivity index (χ1n) is 6.35. The first kappa shape index (κ1) is 14.2. The van der Waals surface area contributed by atoms with Gasteiger partial charge in [-0.25, -0.2) is 4.39 Å². The van der Waals surface area contributed by atoms with Gasteiger partial charge in [-0.3, -0.25) is 0 Å². The molecular formula is C15H24FN. The highest BCUT2D eigenvalue weighted by atomic mass is 19.1. The zero-order valence-electron chi connectivity index (χ0n) is 11.4. The Labute approximate surface area is 104 Å². The fourth-order valence-corrected chi connectivity index (χ4v) is 1.55. The van der Waals surface area contributed by atoms with E-state index in [0.717, 1.165) is 25.1 Å². The molecule has 0 amide bonds. The molecule has 0 aliphatic rings. The second-order valence-electron chi connectivity index (χ2n) is 5.85. The smallest absolute Gasteiger partial charge is 0.123 e. The number of halogens is 1. The summed E-state index contributed by atoms with van der Waals surface area (Å²) in [4.78, 5) is 0. The molecule has 0 aliphatic heterocycles. The number of rotatable bonds is 5. The van der Waals surface area contributed by atoms with Crippen molar-refractivity contribution in [2.45, 2.75) is 34.1 Å². The van der Waals surface area contributed by atoms with Crippen LogP contribution in [-0.4, -0.2) is 13.1 Å². The highest BCUT2D eigenvalue weighted by Crippen LogP contribution is 2.24. The normalized spacial score (nSPS) is 13.7. The van der Waals surface area contributed by atoms with Crippen molar-refractivity contribution >= 4 is 0 Å². The Balaban J connectivity index is 2.25. The minimum atomic E-state index is -0.148. The van der Waals surface area contributed by atoms with Crippen LogP contribution in [0.4, 0.5) is 4.39 Å². The van der Waals surface area contributed by atoms with Crippen LogP contribution in [0.25, 0.3) is 0 Å². The van der Waals surface area contributed by atoms with Gasteiger partial charge < -0.3 is 5.32 Å². The van der Waals surface area contributed by atoms with E-state index in [1.807, 2.05) is 6.07 Å². The molecule has 17 heavy (non-hydrogen) atoms. The van der Waals surface area contributed by atoms with E-state index in [2.05, 4.69) is 33.0 Å². The number of nitrogens with one attached hydrogen (secondary N) is 1. The summed E-state index contributed by atoms with van der Waals surface area (Å²) in [7, 11) is 0. The molecule has 1 aromatic rings. The van der Waals surface area contributed by atoms with Crippen LogP contribution in [0.1, 0.15) is 33.3 Å². The quantitative estimate of drug-likeness (QED) is 0.771. The van der Waals surface area contributed by atoms with Gasteiger partial charge >= 0.3 is 0 Å². The molecule has 0 heterocycles. The summed E-state index contributed by atoms with van der Waals surface area (Å²) in [6, 6.07) is 6.83. The molecule has 1 unspecified atom stereocenters. The first-order valence-corrected chi connectivity index (χ1v) is 6.35. The summed E-state index contributed by atoms with van der Waals surface area (Å²) in [6.45, 7) is 10.9. The summed E-state index contributed by atoms with van der Waals surface area (Å²) >= 11 is 0. The van der Waals surface area contributed by atoms with Crippen molar-refractivity contribution in [3.05, 3.63) is 35.6 Å². The molecule has 0 bridgehead atoms. The van der Waals surface area contributed by atoms with Crippen LogP contribution >= 0.6 is 0 Å². The van der Waals surface area contributed by atoms with Gasteiger partial charge in [-0.2, -0.15) is 0 Å². The molecule has 0 saturated carbocycles. The maximum absolute atomic E-state index is 12.9. The van der Waals surface area contributed by atoms with Gasteiger partial charge in [0.25, 0.3) is 0 Å². The predicted octanol–water partition coefficient (Wildman–Crippen LogP) is 3.64. The SMILES string of the molecule is CC(CNCCc1cccc(F)c1)C(C)(C)C. The third kappa shape index (κ3) is 5.31. The Morgan fingerprint density at radius 1 is 1.29 bits per heavy atom. The van der Waals surface area contributed by atoms with E-state index in [0.29, 0.717) is 11.3 Å². The summed E-state index contributed by atoms with van der Waals surface area (Å²) < 4.78 is 12.9. The lowest BCUT2D eigenvalue weighted by Gasteiger charge is -2.27. The van der Waals surface area contributed by atoms with Crippen LogP contribution in [-0.2, 0) is 6.42 Å². The van der Waals surface area contributed by atoms with Crippen LogP contribution in [0.5, 0.6) is 0 Å². The lowest BCUT2D eigenvalue weighted by molar-refractivity contribution is 0.253. The molecule has 0 saturated heterocycles. The Hall–Kier alpha value is -0.890. The molecule has 96 valence electrons. The summed E-state index contributed by atoms with van der Waals surface area (Å²) in [5.41, 5.74) is 1.40. The van der Waals surface area contributed by atoms with Gasteiger partial charge in [0.05, 0.1) is 0 Å². The average Bonchev–Trinajstić information content (AvgIpc) is 2.23. The topological polar surface area (TPSA) is 12.0 Å². The van der Waals surface area contributed by atoms with Crippen LogP contribution in [0.15, 0.2) is 24.3 Å².